The molecule has 0 fully saturated rings. The zero-order chi connectivity index (χ0) is 19.7. The first-order valence-corrected chi connectivity index (χ1v) is 8.49. The van der Waals surface area contributed by atoms with Crippen LogP contribution in [0.1, 0.15) is 16.1 Å². The summed E-state index contributed by atoms with van der Waals surface area (Å²) < 4.78 is 20.6. The van der Waals surface area contributed by atoms with Crippen molar-refractivity contribution in [3.63, 3.8) is 0 Å². The molecule has 0 atom stereocenters. The molecule has 0 bridgehead atoms. The number of carbonyl (C=O) groups excluding carboxylic acids is 1. The molecule has 0 radical (unpaired) electrons. The fourth-order valence-corrected chi connectivity index (χ4v) is 2.97. The highest BCUT2D eigenvalue weighted by Gasteiger charge is 2.14. The topological polar surface area (TPSA) is 81.4 Å². The number of hydrogen-bond donors (Lipinski definition) is 1. The number of anilines is 2. The molecule has 0 saturated carbocycles. The van der Waals surface area contributed by atoms with Crippen LogP contribution in [0.4, 0.5) is 16.0 Å². The Labute approximate surface area is 159 Å². The summed E-state index contributed by atoms with van der Waals surface area (Å²) in [6.45, 7) is 1.92. The number of esters is 1. The smallest absolute Gasteiger partial charge is 0.340 e. The van der Waals surface area contributed by atoms with Gasteiger partial charge in [0.2, 0.25) is 5.95 Å². The van der Waals surface area contributed by atoms with E-state index in [-0.39, 0.29) is 5.56 Å². The summed E-state index contributed by atoms with van der Waals surface area (Å²) in [7, 11) is 1.20. The summed E-state index contributed by atoms with van der Waals surface area (Å²) >= 11 is 0. The van der Waals surface area contributed by atoms with Gasteiger partial charge in [0.1, 0.15) is 11.5 Å². The Morgan fingerprint density at radius 1 is 1.18 bits per heavy atom. The third-order valence-corrected chi connectivity index (χ3v) is 4.23. The first-order chi connectivity index (χ1) is 13.6. The van der Waals surface area contributed by atoms with Crippen LogP contribution in [0.15, 0.2) is 54.9 Å². The molecule has 0 amide bonds. The molecule has 3 aromatic heterocycles. The van der Waals surface area contributed by atoms with Crippen LogP contribution in [0, 0.1) is 12.7 Å². The van der Waals surface area contributed by atoms with Crippen LogP contribution in [-0.4, -0.2) is 32.4 Å². The normalized spacial score (nSPS) is 10.8. The van der Waals surface area contributed by atoms with Crippen molar-refractivity contribution in [3.8, 4) is 11.4 Å². The summed E-state index contributed by atoms with van der Waals surface area (Å²) in [6.07, 6.45) is 3.53. The van der Waals surface area contributed by atoms with Crippen molar-refractivity contribution in [1.82, 2.24) is 19.4 Å². The number of halogens is 1. The molecule has 0 aliphatic carbocycles. The Morgan fingerprint density at radius 3 is 2.82 bits per heavy atom. The molecule has 4 rings (SSSR count). The number of carbonyl (C=O) groups is 1. The van der Waals surface area contributed by atoms with Gasteiger partial charge in [-0.05, 0) is 43.3 Å². The van der Waals surface area contributed by atoms with Crippen molar-refractivity contribution in [2.45, 2.75) is 6.92 Å². The molecule has 1 N–H and O–H groups in total. The second kappa shape index (κ2) is 7.07. The molecule has 3 heterocycles. The predicted molar refractivity (Wildman–Crippen MR) is 102 cm³/mol. The van der Waals surface area contributed by atoms with E-state index in [0.717, 1.165) is 17.0 Å². The van der Waals surface area contributed by atoms with Gasteiger partial charge in [-0.1, -0.05) is 6.07 Å². The molecule has 0 aliphatic rings. The average Bonchev–Trinajstić information content (AvgIpc) is 3.03. The maximum atomic E-state index is 14.1. The van der Waals surface area contributed by atoms with Gasteiger partial charge in [-0.2, -0.15) is 0 Å². The van der Waals surface area contributed by atoms with Gasteiger partial charge in [-0.15, -0.1) is 0 Å². The lowest BCUT2D eigenvalue weighted by Gasteiger charge is -2.08. The van der Waals surface area contributed by atoms with Gasteiger partial charge in [-0.3, -0.25) is 4.40 Å². The standard InChI is InChI=1S/C20H16FN5O2/c1-12-18(26-10-4-3-5-17(26)23-12)16-8-9-22-20(25-16)24-13-6-7-14(15(21)11-13)19(27)28-2/h3-11H,1-2H3,(H,22,24,25). The molecule has 0 unspecified atom stereocenters. The first-order valence-electron chi connectivity index (χ1n) is 8.49. The zero-order valence-corrected chi connectivity index (χ0v) is 15.2. The van der Waals surface area contributed by atoms with E-state index in [1.165, 1.54) is 19.2 Å². The summed E-state index contributed by atoms with van der Waals surface area (Å²) in [5.74, 6) is -1.12. The van der Waals surface area contributed by atoms with Crippen molar-refractivity contribution in [2.75, 3.05) is 12.4 Å². The van der Waals surface area contributed by atoms with E-state index in [0.29, 0.717) is 17.3 Å². The minimum Gasteiger partial charge on any atom is -0.465 e. The van der Waals surface area contributed by atoms with Gasteiger partial charge in [-0.25, -0.2) is 24.1 Å². The first kappa shape index (κ1) is 17.6. The van der Waals surface area contributed by atoms with Gasteiger partial charge in [0.25, 0.3) is 0 Å². The number of nitrogens with zero attached hydrogens (tertiary/aromatic N) is 4. The van der Waals surface area contributed by atoms with E-state index < -0.39 is 11.8 Å². The molecule has 0 spiro atoms. The SMILES string of the molecule is COC(=O)c1ccc(Nc2nccc(-c3c(C)nc4ccccn34)n2)cc1F. The van der Waals surface area contributed by atoms with Crippen LogP contribution >= 0.6 is 0 Å². The second-order valence-electron chi connectivity index (χ2n) is 6.05. The molecular weight excluding hydrogens is 361 g/mol. The summed E-state index contributed by atoms with van der Waals surface area (Å²) in [6, 6.07) is 11.7. The van der Waals surface area contributed by atoms with Gasteiger partial charge < -0.3 is 10.1 Å². The van der Waals surface area contributed by atoms with E-state index in [4.69, 9.17) is 0 Å². The molecule has 7 nitrogen and oxygen atoms in total. The Balaban J connectivity index is 1.67. The van der Waals surface area contributed by atoms with Crippen LogP contribution in [0.5, 0.6) is 0 Å². The zero-order valence-electron chi connectivity index (χ0n) is 15.2. The van der Waals surface area contributed by atoms with Crippen LogP contribution < -0.4 is 5.32 Å². The largest absolute Gasteiger partial charge is 0.465 e. The number of ether oxygens (including phenoxy) is 1. The lowest BCUT2D eigenvalue weighted by atomic mass is 10.2. The number of fused-ring (bicyclic) bond motifs is 1. The number of rotatable bonds is 4. The van der Waals surface area contributed by atoms with E-state index in [9.17, 15) is 9.18 Å². The van der Waals surface area contributed by atoms with Crippen molar-refractivity contribution in [3.05, 3.63) is 71.9 Å². The molecule has 0 saturated heterocycles. The van der Waals surface area contributed by atoms with Crippen molar-refractivity contribution in [1.29, 1.82) is 0 Å². The van der Waals surface area contributed by atoms with Crippen molar-refractivity contribution >= 4 is 23.3 Å². The quantitative estimate of drug-likeness (QED) is 0.545. The highest BCUT2D eigenvalue weighted by molar-refractivity contribution is 5.90. The maximum Gasteiger partial charge on any atom is 0.340 e. The molecule has 8 heteroatoms. The molecule has 1 aromatic carbocycles. The Kier molecular flexibility index (Phi) is 4.44. The fourth-order valence-electron chi connectivity index (χ4n) is 2.97. The van der Waals surface area contributed by atoms with Gasteiger partial charge in [0.05, 0.1) is 29.8 Å². The number of benzene rings is 1. The predicted octanol–water partition coefficient (Wildman–Crippen LogP) is 3.77. The van der Waals surface area contributed by atoms with Crippen LogP contribution in [0.25, 0.3) is 17.0 Å². The summed E-state index contributed by atoms with van der Waals surface area (Å²) in [4.78, 5) is 24.8. The number of imidazole rings is 1. The molecule has 28 heavy (non-hydrogen) atoms. The van der Waals surface area contributed by atoms with E-state index in [1.807, 2.05) is 35.7 Å². The maximum absolute atomic E-state index is 14.1. The Hall–Kier alpha value is -3.81. The minimum absolute atomic E-state index is 0.135. The Bertz CT molecular complexity index is 1190. The molecular formula is C20H16FN5O2. The number of aryl methyl sites for hydroxylation is 1. The van der Waals surface area contributed by atoms with Crippen molar-refractivity contribution < 1.29 is 13.9 Å². The minimum atomic E-state index is -0.731. The van der Waals surface area contributed by atoms with E-state index in [1.54, 1.807) is 18.3 Å². The van der Waals surface area contributed by atoms with Gasteiger partial charge in [0.15, 0.2) is 0 Å². The number of hydrogen-bond acceptors (Lipinski definition) is 6. The number of nitrogens with one attached hydrogen (secondary N) is 1. The third kappa shape index (κ3) is 3.16. The lowest BCUT2D eigenvalue weighted by Crippen LogP contribution is -2.05. The Morgan fingerprint density at radius 2 is 2.04 bits per heavy atom. The van der Waals surface area contributed by atoms with E-state index >= 15 is 0 Å². The molecule has 0 aliphatic heterocycles. The molecule has 4 aromatic rings. The second-order valence-corrected chi connectivity index (χ2v) is 6.05. The van der Waals surface area contributed by atoms with Crippen LogP contribution in [0.2, 0.25) is 0 Å². The highest BCUT2D eigenvalue weighted by Crippen LogP contribution is 2.24. The van der Waals surface area contributed by atoms with Crippen molar-refractivity contribution in [2.24, 2.45) is 0 Å². The summed E-state index contributed by atoms with van der Waals surface area (Å²) in [5.41, 5.74) is 3.47. The fraction of sp³-hybridized carbons (Fsp3) is 0.100. The number of pyridine rings is 1. The number of aromatic nitrogens is 4. The summed E-state index contributed by atoms with van der Waals surface area (Å²) in [5, 5.41) is 2.95. The average molecular weight is 377 g/mol. The van der Waals surface area contributed by atoms with E-state index in [2.05, 4.69) is 25.0 Å². The van der Waals surface area contributed by atoms with Crippen LogP contribution in [0.3, 0.4) is 0 Å². The monoisotopic (exact) mass is 377 g/mol. The number of methoxy groups -OCH3 is 1. The third-order valence-electron chi connectivity index (χ3n) is 4.23. The highest BCUT2D eigenvalue weighted by atomic mass is 19.1. The molecule has 140 valence electrons. The van der Waals surface area contributed by atoms with Gasteiger partial charge in [0, 0.05) is 18.1 Å². The van der Waals surface area contributed by atoms with Crippen LogP contribution in [-0.2, 0) is 4.74 Å². The lowest BCUT2D eigenvalue weighted by molar-refractivity contribution is 0.0595. The van der Waals surface area contributed by atoms with Gasteiger partial charge >= 0.3 is 5.97 Å².